The first-order valence-corrected chi connectivity index (χ1v) is 12.5. The Kier molecular flexibility index (Phi) is 6.36. The van der Waals surface area contributed by atoms with Gasteiger partial charge in [0.05, 0.1) is 5.02 Å². The lowest BCUT2D eigenvalue weighted by molar-refractivity contribution is 0.0912. The van der Waals surface area contributed by atoms with Gasteiger partial charge in [-0.05, 0) is 75.5 Å². The third kappa shape index (κ3) is 4.84. The number of hydrogen-bond acceptors (Lipinski definition) is 3. The van der Waals surface area contributed by atoms with Gasteiger partial charge in [0.1, 0.15) is 0 Å². The van der Waals surface area contributed by atoms with E-state index in [0.717, 1.165) is 17.4 Å². The minimum Gasteiger partial charge on any atom is -0.360 e. The minimum absolute atomic E-state index is 0.125. The number of H-pyrrole nitrogens is 1. The number of fused-ring (bicyclic) bond motifs is 1. The number of hydrogen-bond donors (Lipinski definition) is 3. The molecule has 178 valence electrons. The summed E-state index contributed by atoms with van der Waals surface area (Å²) in [6, 6.07) is 13.2. The van der Waals surface area contributed by atoms with E-state index in [0.29, 0.717) is 22.7 Å². The molecule has 1 aromatic heterocycles. The lowest BCUT2D eigenvalue weighted by atomic mass is 9.94. The first-order chi connectivity index (χ1) is 16.4. The van der Waals surface area contributed by atoms with Crippen LogP contribution in [0, 0.1) is 0 Å². The molecule has 1 unspecified atom stereocenters. The standard InChI is InChI=1S/C27H31ClN4O2/c1-18(31-26(34)20-6-9-22-23(28)16-29-24(22)14-20)15-30-25(33)19-4-7-21(8-5-19)27(10-11-27)17-32-12-2-3-13-32/h4-9,14,16,18,29H,2-3,10-13,15,17H2,1H3,(H,30,33)(H,31,34). The van der Waals surface area contributed by atoms with Crippen molar-refractivity contribution < 1.29 is 9.59 Å². The molecule has 2 heterocycles. The quantitative estimate of drug-likeness (QED) is 0.446. The predicted octanol–water partition coefficient (Wildman–Crippen LogP) is 4.50. The van der Waals surface area contributed by atoms with Gasteiger partial charge in [0.25, 0.3) is 11.8 Å². The maximum absolute atomic E-state index is 12.7. The largest absolute Gasteiger partial charge is 0.360 e. The second-order valence-electron chi connectivity index (χ2n) is 9.82. The molecule has 34 heavy (non-hydrogen) atoms. The van der Waals surface area contributed by atoms with Gasteiger partial charge in [0.2, 0.25) is 0 Å². The van der Waals surface area contributed by atoms with Crippen LogP contribution >= 0.6 is 11.6 Å². The number of carbonyl (C=O) groups is 2. The molecule has 3 aromatic rings. The molecule has 0 bridgehead atoms. The summed E-state index contributed by atoms with van der Waals surface area (Å²) >= 11 is 6.10. The van der Waals surface area contributed by atoms with E-state index in [4.69, 9.17) is 11.6 Å². The third-order valence-corrected chi connectivity index (χ3v) is 7.49. The molecule has 2 aromatic carbocycles. The number of rotatable bonds is 8. The number of nitrogens with one attached hydrogen (secondary N) is 3. The maximum atomic E-state index is 12.7. The van der Waals surface area contributed by atoms with E-state index in [1.807, 2.05) is 25.1 Å². The summed E-state index contributed by atoms with van der Waals surface area (Å²) in [5, 5.41) is 7.39. The predicted molar refractivity (Wildman–Crippen MR) is 136 cm³/mol. The Morgan fingerprint density at radius 3 is 2.47 bits per heavy atom. The van der Waals surface area contributed by atoms with Crippen LogP contribution in [-0.2, 0) is 5.41 Å². The van der Waals surface area contributed by atoms with Crippen LogP contribution in [0.2, 0.25) is 5.02 Å². The van der Waals surface area contributed by atoms with E-state index in [1.54, 1.807) is 18.3 Å². The van der Waals surface area contributed by atoms with E-state index >= 15 is 0 Å². The highest BCUT2D eigenvalue weighted by molar-refractivity contribution is 6.35. The number of nitrogens with zero attached hydrogens (tertiary/aromatic N) is 1. The van der Waals surface area contributed by atoms with Crippen molar-refractivity contribution >= 4 is 34.3 Å². The SMILES string of the molecule is CC(CNC(=O)c1ccc(C2(CN3CCCC3)CC2)cc1)NC(=O)c1ccc2c(Cl)c[nH]c2c1. The van der Waals surface area contributed by atoms with Crippen LogP contribution in [0.1, 0.15) is 58.9 Å². The van der Waals surface area contributed by atoms with Crippen molar-refractivity contribution in [1.82, 2.24) is 20.5 Å². The summed E-state index contributed by atoms with van der Waals surface area (Å²) in [4.78, 5) is 30.9. The lowest BCUT2D eigenvalue weighted by Gasteiger charge is -2.23. The maximum Gasteiger partial charge on any atom is 0.251 e. The number of amides is 2. The fourth-order valence-electron chi connectivity index (χ4n) is 4.97. The van der Waals surface area contributed by atoms with Gasteiger partial charge < -0.3 is 20.5 Å². The molecule has 1 aliphatic heterocycles. The number of halogens is 1. The van der Waals surface area contributed by atoms with Gasteiger partial charge in [-0.1, -0.05) is 29.8 Å². The molecule has 1 saturated heterocycles. The highest BCUT2D eigenvalue weighted by Crippen LogP contribution is 2.49. The van der Waals surface area contributed by atoms with Crippen molar-refractivity contribution in [3.8, 4) is 0 Å². The molecule has 3 N–H and O–H groups in total. The summed E-state index contributed by atoms with van der Waals surface area (Å²) in [7, 11) is 0. The Morgan fingerprint density at radius 1 is 1.06 bits per heavy atom. The Labute approximate surface area is 205 Å². The number of carbonyl (C=O) groups excluding carboxylic acids is 2. The van der Waals surface area contributed by atoms with Crippen molar-refractivity contribution in [2.45, 2.75) is 44.1 Å². The van der Waals surface area contributed by atoms with Crippen LogP contribution in [0.25, 0.3) is 10.9 Å². The number of benzene rings is 2. The monoisotopic (exact) mass is 478 g/mol. The Balaban J connectivity index is 1.13. The summed E-state index contributed by atoms with van der Waals surface area (Å²) in [5.74, 6) is -0.314. The average molecular weight is 479 g/mol. The van der Waals surface area contributed by atoms with Crippen LogP contribution in [0.3, 0.4) is 0 Å². The number of likely N-dealkylation sites (tertiary alicyclic amines) is 1. The first kappa shape index (κ1) is 22.9. The third-order valence-electron chi connectivity index (χ3n) is 7.18. The number of aromatic amines is 1. The molecule has 2 fully saturated rings. The molecule has 6 nitrogen and oxygen atoms in total. The minimum atomic E-state index is -0.214. The van der Waals surface area contributed by atoms with E-state index in [1.165, 1.54) is 44.3 Å². The smallest absolute Gasteiger partial charge is 0.251 e. The molecule has 2 aliphatic rings. The Bertz CT molecular complexity index is 1190. The van der Waals surface area contributed by atoms with E-state index in [2.05, 4.69) is 32.7 Å². The van der Waals surface area contributed by atoms with E-state index < -0.39 is 0 Å². The zero-order valence-electron chi connectivity index (χ0n) is 19.5. The molecule has 0 spiro atoms. The van der Waals surface area contributed by atoms with Gasteiger partial charge in [-0.25, -0.2) is 0 Å². The fraction of sp³-hybridized carbons (Fsp3) is 0.407. The second kappa shape index (κ2) is 9.43. The van der Waals surface area contributed by atoms with Gasteiger partial charge in [-0.3, -0.25) is 9.59 Å². The van der Waals surface area contributed by atoms with Crippen LogP contribution in [-0.4, -0.2) is 53.9 Å². The van der Waals surface area contributed by atoms with Gasteiger partial charge in [-0.2, -0.15) is 0 Å². The summed E-state index contributed by atoms with van der Waals surface area (Å²) in [5.41, 5.74) is 3.63. The Morgan fingerprint density at radius 2 is 1.76 bits per heavy atom. The summed E-state index contributed by atoms with van der Waals surface area (Å²) in [6.45, 7) is 5.79. The molecular formula is C27H31ClN4O2. The number of aromatic nitrogens is 1. The van der Waals surface area contributed by atoms with Crippen molar-refractivity contribution in [3.63, 3.8) is 0 Å². The van der Waals surface area contributed by atoms with Crippen LogP contribution < -0.4 is 10.6 Å². The zero-order chi connectivity index (χ0) is 23.7. The molecule has 2 amide bonds. The average Bonchev–Trinajstić information content (AvgIpc) is 3.26. The topological polar surface area (TPSA) is 77.2 Å². The summed E-state index contributed by atoms with van der Waals surface area (Å²) in [6.07, 6.45) is 6.79. The first-order valence-electron chi connectivity index (χ1n) is 12.1. The van der Waals surface area contributed by atoms with E-state index in [9.17, 15) is 9.59 Å². The fourth-order valence-corrected chi connectivity index (χ4v) is 5.19. The zero-order valence-corrected chi connectivity index (χ0v) is 20.3. The Hall–Kier alpha value is -2.83. The highest BCUT2D eigenvalue weighted by atomic mass is 35.5. The van der Waals surface area contributed by atoms with Gasteiger partial charge >= 0.3 is 0 Å². The second-order valence-corrected chi connectivity index (χ2v) is 10.2. The normalized spacial score (nSPS) is 18.1. The molecule has 1 saturated carbocycles. The molecule has 0 radical (unpaired) electrons. The van der Waals surface area contributed by atoms with Gasteiger partial charge in [0, 0.05) is 52.8 Å². The summed E-state index contributed by atoms with van der Waals surface area (Å²) < 4.78 is 0. The molecule has 5 rings (SSSR count). The van der Waals surface area contributed by atoms with Crippen LogP contribution in [0.15, 0.2) is 48.7 Å². The van der Waals surface area contributed by atoms with Gasteiger partial charge in [-0.15, -0.1) is 0 Å². The van der Waals surface area contributed by atoms with Crippen molar-refractivity contribution in [1.29, 1.82) is 0 Å². The molecule has 1 atom stereocenters. The van der Waals surface area contributed by atoms with Crippen LogP contribution in [0.5, 0.6) is 0 Å². The van der Waals surface area contributed by atoms with Crippen molar-refractivity contribution in [3.05, 3.63) is 70.4 Å². The lowest BCUT2D eigenvalue weighted by Crippen LogP contribution is -2.41. The van der Waals surface area contributed by atoms with Gasteiger partial charge in [0.15, 0.2) is 0 Å². The molecular weight excluding hydrogens is 448 g/mol. The van der Waals surface area contributed by atoms with Crippen LogP contribution in [0.4, 0.5) is 0 Å². The molecule has 1 aliphatic carbocycles. The van der Waals surface area contributed by atoms with E-state index in [-0.39, 0.29) is 23.3 Å². The highest BCUT2D eigenvalue weighted by Gasteiger charge is 2.45. The van der Waals surface area contributed by atoms with Crippen molar-refractivity contribution in [2.24, 2.45) is 0 Å². The molecule has 7 heteroatoms. The van der Waals surface area contributed by atoms with Crippen molar-refractivity contribution in [2.75, 3.05) is 26.2 Å².